The van der Waals surface area contributed by atoms with Crippen molar-refractivity contribution in [3.8, 4) is 0 Å². The van der Waals surface area contributed by atoms with Crippen LogP contribution in [0.2, 0.25) is 0 Å². The normalized spacial score (nSPS) is 22.2. The average molecular weight is 259 g/mol. The van der Waals surface area contributed by atoms with E-state index in [1.54, 1.807) is 0 Å². The maximum absolute atomic E-state index is 5.62. The van der Waals surface area contributed by atoms with E-state index in [-0.39, 0.29) is 5.54 Å². The zero-order chi connectivity index (χ0) is 13.1. The van der Waals surface area contributed by atoms with Gasteiger partial charge < -0.3 is 15.4 Å². The Labute approximate surface area is 114 Å². The van der Waals surface area contributed by atoms with Gasteiger partial charge in [-0.3, -0.25) is 0 Å². The van der Waals surface area contributed by atoms with Crippen LogP contribution in [0, 0.1) is 0 Å². The summed E-state index contributed by atoms with van der Waals surface area (Å²) in [7, 11) is 0. The summed E-state index contributed by atoms with van der Waals surface area (Å²) >= 11 is 0. The second-order valence-corrected chi connectivity index (χ2v) is 5.54. The molecule has 0 aromatic heterocycles. The van der Waals surface area contributed by atoms with Gasteiger partial charge in [0.05, 0.1) is 0 Å². The van der Waals surface area contributed by atoms with Crippen molar-refractivity contribution < 1.29 is 4.74 Å². The SMILES string of the molecule is NC1=NC2(CCN(CCc3ccccc3)CC2)CO1. The van der Waals surface area contributed by atoms with Crippen molar-refractivity contribution in [3.63, 3.8) is 0 Å². The van der Waals surface area contributed by atoms with Crippen LogP contribution >= 0.6 is 0 Å². The first-order chi connectivity index (χ1) is 9.26. The predicted octanol–water partition coefficient (Wildman–Crippen LogP) is 1.41. The van der Waals surface area contributed by atoms with Crippen molar-refractivity contribution in [2.45, 2.75) is 24.8 Å². The predicted molar refractivity (Wildman–Crippen MR) is 76.1 cm³/mol. The molecular formula is C15H21N3O. The van der Waals surface area contributed by atoms with Crippen LogP contribution in [0.15, 0.2) is 35.3 Å². The van der Waals surface area contributed by atoms with Gasteiger partial charge in [0.2, 0.25) is 0 Å². The molecule has 4 nitrogen and oxygen atoms in total. The van der Waals surface area contributed by atoms with E-state index in [0.717, 1.165) is 38.9 Å². The van der Waals surface area contributed by atoms with Crippen molar-refractivity contribution in [1.82, 2.24) is 4.90 Å². The van der Waals surface area contributed by atoms with Gasteiger partial charge in [-0.1, -0.05) is 30.3 Å². The standard InChI is InChI=1S/C15H21N3O/c16-14-17-15(12-19-14)7-10-18(11-8-15)9-6-13-4-2-1-3-5-13/h1-5H,6-12H2,(H2,16,17). The highest BCUT2D eigenvalue weighted by Crippen LogP contribution is 2.30. The van der Waals surface area contributed by atoms with Gasteiger partial charge in [-0.25, -0.2) is 4.99 Å². The first-order valence-electron chi connectivity index (χ1n) is 7.00. The summed E-state index contributed by atoms with van der Waals surface area (Å²) in [5.74, 6) is 0. The molecule has 0 unspecified atom stereocenters. The molecule has 2 N–H and O–H groups in total. The maximum atomic E-state index is 5.62. The molecule has 0 amide bonds. The van der Waals surface area contributed by atoms with Gasteiger partial charge in [-0.05, 0) is 24.8 Å². The molecule has 1 fully saturated rings. The first-order valence-corrected chi connectivity index (χ1v) is 7.00. The largest absolute Gasteiger partial charge is 0.463 e. The minimum atomic E-state index is -0.0205. The lowest BCUT2D eigenvalue weighted by Crippen LogP contribution is -2.44. The van der Waals surface area contributed by atoms with Crippen LogP contribution in [0.4, 0.5) is 0 Å². The topological polar surface area (TPSA) is 50.8 Å². The lowest BCUT2D eigenvalue weighted by molar-refractivity contribution is 0.136. The highest BCUT2D eigenvalue weighted by molar-refractivity contribution is 5.73. The molecule has 0 aliphatic carbocycles. The number of ether oxygens (including phenoxy) is 1. The maximum Gasteiger partial charge on any atom is 0.282 e. The van der Waals surface area contributed by atoms with Gasteiger partial charge in [0.1, 0.15) is 12.1 Å². The quantitative estimate of drug-likeness (QED) is 0.893. The summed E-state index contributed by atoms with van der Waals surface area (Å²) in [5, 5.41) is 0. The number of amidine groups is 1. The monoisotopic (exact) mass is 259 g/mol. The summed E-state index contributed by atoms with van der Waals surface area (Å²) in [4.78, 5) is 6.99. The molecule has 2 aliphatic rings. The second kappa shape index (κ2) is 5.21. The van der Waals surface area contributed by atoms with Gasteiger partial charge in [-0.2, -0.15) is 0 Å². The number of likely N-dealkylation sites (tertiary alicyclic amines) is 1. The van der Waals surface area contributed by atoms with Crippen LogP contribution in [0.25, 0.3) is 0 Å². The smallest absolute Gasteiger partial charge is 0.282 e. The molecule has 0 radical (unpaired) electrons. The minimum absolute atomic E-state index is 0.0205. The molecule has 0 atom stereocenters. The van der Waals surface area contributed by atoms with E-state index in [0.29, 0.717) is 12.6 Å². The van der Waals surface area contributed by atoms with E-state index >= 15 is 0 Å². The summed E-state index contributed by atoms with van der Waals surface area (Å²) in [6.07, 6.45) is 3.24. The van der Waals surface area contributed by atoms with Crippen molar-refractivity contribution in [2.75, 3.05) is 26.2 Å². The van der Waals surface area contributed by atoms with E-state index < -0.39 is 0 Å². The molecule has 102 valence electrons. The second-order valence-electron chi connectivity index (χ2n) is 5.54. The zero-order valence-electron chi connectivity index (χ0n) is 11.2. The lowest BCUT2D eigenvalue weighted by Gasteiger charge is -2.35. The number of rotatable bonds is 3. The van der Waals surface area contributed by atoms with Gasteiger partial charge in [-0.15, -0.1) is 0 Å². The molecule has 4 heteroatoms. The van der Waals surface area contributed by atoms with Crippen molar-refractivity contribution in [3.05, 3.63) is 35.9 Å². The molecule has 19 heavy (non-hydrogen) atoms. The number of nitrogens with zero attached hydrogens (tertiary/aromatic N) is 2. The Hall–Kier alpha value is -1.55. The average Bonchev–Trinajstić information content (AvgIpc) is 2.81. The number of hydrogen-bond acceptors (Lipinski definition) is 4. The lowest BCUT2D eigenvalue weighted by atomic mass is 9.89. The van der Waals surface area contributed by atoms with E-state index in [9.17, 15) is 0 Å². The molecule has 1 saturated heterocycles. The number of aliphatic imine (C=N–C) groups is 1. The van der Waals surface area contributed by atoms with Crippen LogP contribution in [0.3, 0.4) is 0 Å². The van der Waals surface area contributed by atoms with Crippen LogP contribution in [-0.2, 0) is 11.2 Å². The highest BCUT2D eigenvalue weighted by Gasteiger charge is 2.38. The van der Waals surface area contributed by atoms with Gasteiger partial charge in [0, 0.05) is 19.6 Å². The fourth-order valence-electron chi connectivity index (χ4n) is 2.89. The molecule has 3 rings (SSSR count). The molecule has 0 saturated carbocycles. The summed E-state index contributed by atoms with van der Waals surface area (Å²) in [5.41, 5.74) is 7.01. The Balaban J connectivity index is 1.48. The van der Waals surface area contributed by atoms with Crippen LogP contribution < -0.4 is 5.73 Å². The Morgan fingerprint density at radius 2 is 1.95 bits per heavy atom. The third kappa shape index (κ3) is 2.89. The number of nitrogens with two attached hydrogens (primary N) is 1. The summed E-state index contributed by atoms with van der Waals surface area (Å²) in [6, 6.07) is 11.0. The van der Waals surface area contributed by atoms with E-state index in [2.05, 4.69) is 40.2 Å². The van der Waals surface area contributed by atoms with Gasteiger partial charge in [0.15, 0.2) is 0 Å². The van der Waals surface area contributed by atoms with Crippen LogP contribution in [0.1, 0.15) is 18.4 Å². The molecular weight excluding hydrogens is 238 g/mol. The molecule has 0 bridgehead atoms. The Kier molecular flexibility index (Phi) is 3.42. The molecule has 2 heterocycles. The minimum Gasteiger partial charge on any atom is -0.463 e. The molecule has 1 spiro atoms. The van der Waals surface area contributed by atoms with E-state index in [1.165, 1.54) is 5.56 Å². The molecule has 1 aromatic carbocycles. The Bertz CT molecular complexity index is 450. The van der Waals surface area contributed by atoms with E-state index in [4.69, 9.17) is 10.5 Å². The number of piperidine rings is 1. The van der Waals surface area contributed by atoms with E-state index in [1.807, 2.05) is 0 Å². The van der Waals surface area contributed by atoms with Crippen molar-refractivity contribution in [2.24, 2.45) is 10.7 Å². The van der Waals surface area contributed by atoms with Crippen LogP contribution in [-0.4, -0.2) is 42.7 Å². The molecule has 1 aromatic rings. The highest BCUT2D eigenvalue weighted by atomic mass is 16.5. The zero-order valence-corrected chi connectivity index (χ0v) is 11.2. The van der Waals surface area contributed by atoms with Gasteiger partial charge >= 0.3 is 0 Å². The van der Waals surface area contributed by atoms with Gasteiger partial charge in [0.25, 0.3) is 6.02 Å². The third-order valence-electron chi connectivity index (χ3n) is 4.18. The third-order valence-corrected chi connectivity index (χ3v) is 4.18. The van der Waals surface area contributed by atoms with Crippen LogP contribution in [0.5, 0.6) is 0 Å². The number of benzene rings is 1. The molecule has 2 aliphatic heterocycles. The fourth-order valence-corrected chi connectivity index (χ4v) is 2.89. The fraction of sp³-hybridized carbons (Fsp3) is 0.533. The summed E-state index contributed by atoms with van der Waals surface area (Å²) in [6.45, 7) is 3.98. The summed E-state index contributed by atoms with van der Waals surface area (Å²) < 4.78 is 5.32. The Morgan fingerprint density at radius 3 is 2.58 bits per heavy atom. The first kappa shape index (κ1) is 12.5. The van der Waals surface area contributed by atoms with Crippen molar-refractivity contribution in [1.29, 1.82) is 0 Å². The Morgan fingerprint density at radius 1 is 1.21 bits per heavy atom. The number of hydrogen-bond donors (Lipinski definition) is 1. The van der Waals surface area contributed by atoms with Crippen molar-refractivity contribution >= 4 is 6.02 Å².